The van der Waals surface area contributed by atoms with Crippen molar-refractivity contribution in [2.75, 3.05) is 50.0 Å². The summed E-state index contributed by atoms with van der Waals surface area (Å²) in [6.45, 7) is 5.13. The Bertz CT molecular complexity index is 1270. The highest BCUT2D eigenvalue weighted by molar-refractivity contribution is 5.89. The third kappa shape index (κ3) is 3.83. The van der Waals surface area contributed by atoms with E-state index < -0.39 is 0 Å². The zero-order valence-electron chi connectivity index (χ0n) is 18.4. The summed E-state index contributed by atoms with van der Waals surface area (Å²) in [5.41, 5.74) is 11.5. The fraction of sp³-hybridized carbons (Fsp3) is 0.375. The van der Waals surface area contributed by atoms with Crippen molar-refractivity contribution in [2.24, 2.45) is 0 Å². The summed E-state index contributed by atoms with van der Waals surface area (Å²) in [7, 11) is 0. The van der Waals surface area contributed by atoms with Crippen LogP contribution < -0.4 is 16.0 Å². The quantitative estimate of drug-likeness (QED) is 0.493. The number of ether oxygens (including phenoxy) is 1. The average Bonchev–Trinajstić information content (AvgIpc) is 3.53. The number of anilines is 2. The lowest BCUT2D eigenvalue weighted by molar-refractivity contribution is 0.123. The van der Waals surface area contributed by atoms with Gasteiger partial charge in [0.2, 0.25) is 5.89 Å². The Balaban J connectivity index is 1.35. The maximum Gasteiger partial charge on any atom is 0.231 e. The molecule has 0 aliphatic carbocycles. The van der Waals surface area contributed by atoms with Crippen molar-refractivity contribution in [1.82, 2.24) is 25.1 Å². The van der Waals surface area contributed by atoms with Crippen LogP contribution in [0.25, 0.3) is 33.7 Å². The smallest absolute Gasteiger partial charge is 0.231 e. The molecule has 2 aliphatic rings. The minimum Gasteiger partial charge on any atom is -0.434 e. The molecular formula is C24H27N7O2. The number of nitrogen functional groups attached to an aromatic ring is 1. The molecule has 0 unspecified atom stereocenters. The lowest BCUT2D eigenvalue weighted by Crippen LogP contribution is -2.36. The molecule has 0 atom stereocenters. The van der Waals surface area contributed by atoms with Gasteiger partial charge >= 0.3 is 0 Å². The first-order chi connectivity index (χ1) is 16.3. The minimum absolute atomic E-state index is 0.393. The maximum atomic E-state index is 6.27. The molecule has 0 saturated carbocycles. The number of benzene rings is 1. The van der Waals surface area contributed by atoms with Gasteiger partial charge in [-0.25, -0.2) is 9.97 Å². The van der Waals surface area contributed by atoms with Crippen molar-refractivity contribution in [3.05, 3.63) is 42.9 Å². The number of nitrogens with zero attached hydrogens (tertiary/aromatic N) is 5. The standard InChI is InChI=1S/C24H27N7O2/c25-23-19(12-16(13-27-23)17-14-28-31(15-17)18-4-6-26-7-5-18)24-29-20-2-1-3-21(22(20)33-24)30-8-10-32-11-9-30/h1-3,12-15,18,26H,4-11H2,(H2,25,27). The molecule has 3 aromatic heterocycles. The first kappa shape index (κ1) is 20.2. The summed E-state index contributed by atoms with van der Waals surface area (Å²) >= 11 is 0. The zero-order chi connectivity index (χ0) is 22.2. The molecule has 0 spiro atoms. The van der Waals surface area contributed by atoms with Crippen LogP contribution in [0.15, 0.2) is 47.3 Å². The van der Waals surface area contributed by atoms with E-state index in [-0.39, 0.29) is 0 Å². The molecule has 2 fully saturated rings. The van der Waals surface area contributed by atoms with Crippen LogP contribution in [0.3, 0.4) is 0 Å². The van der Waals surface area contributed by atoms with E-state index in [1.807, 2.05) is 24.4 Å². The molecule has 1 aromatic carbocycles. The number of nitrogens with two attached hydrogens (primary N) is 1. The monoisotopic (exact) mass is 445 g/mol. The van der Waals surface area contributed by atoms with E-state index in [0.29, 0.717) is 36.5 Å². The van der Waals surface area contributed by atoms with E-state index in [4.69, 9.17) is 19.9 Å². The van der Waals surface area contributed by atoms with Crippen molar-refractivity contribution in [2.45, 2.75) is 18.9 Å². The lowest BCUT2D eigenvalue weighted by Gasteiger charge is -2.28. The van der Waals surface area contributed by atoms with Gasteiger partial charge in [-0.3, -0.25) is 4.68 Å². The Morgan fingerprint density at radius 3 is 2.76 bits per heavy atom. The van der Waals surface area contributed by atoms with E-state index in [2.05, 4.69) is 37.2 Å². The topological polar surface area (TPSA) is 107 Å². The summed E-state index contributed by atoms with van der Waals surface area (Å²) in [5.74, 6) is 0.868. The molecule has 0 amide bonds. The molecule has 9 heteroatoms. The molecule has 0 radical (unpaired) electrons. The predicted molar refractivity (Wildman–Crippen MR) is 127 cm³/mol. The summed E-state index contributed by atoms with van der Waals surface area (Å²) in [4.78, 5) is 11.5. The Morgan fingerprint density at radius 1 is 1.06 bits per heavy atom. The first-order valence-electron chi connectivity index (χ1n) is 11.5. The van der Waals surface area contributed by atoms with Crippen LogP contribution in [0.4, 0.5) is 11.5 Å². The number of fused-ring (bicyclic) bond motifs is 1. The fourth-order valence-electron chi connectivity index (χ4n) is 4.67. The third-order valence-electron chi connectivity index (χ3n) is 6.51. The Labute approximate surface area is 191 Å². The average molecular weight is 446 g/mol. The van der Waals surface area contributed by atoms with E-state index >= 15 is 0 Å². The maximum absolute atomic E-state index is 6.27. The van der Waals surface area contributed by atoms with Gasteiger partial charge in [-0.05, 0) is 44.1 Å². The lowest BCUT2D eigenvalue weighted by atomic mass is 10.1. The third-order valence-corrected chi connectivity index (χ3v) is 6.51. The second-order valence-electron chi connectivity index (χ2n) is 8.59. The molecule has 2 aliphatic heterocycles. The van der Waals surface area contributed by atoms with Crippen LogP contribution in [-0.2, 0) is 4.74 Å². The summed E-state index contributed by atoms with van der Waals surface area (Å²) in [6.07, 6.45) is 7.93. The molecular weight excluding hydrogens is 418 g/mol. The van der Waals surface area contributed by atoms with E-state index in [9.17, 15) is 0 Å². The molecule has 9 nitrogen and oxygen atoms in total. The number of rotatable bonds is 4. The van der Waals surface area contributed by atoms with Crippen molar-refractivity contribution < 1.29 is 9.15 Å². The number of pyridine rings is 1. The largest absolute Gasteiger partial charge is 0.434 e. The number of morpholine rings is 1. The van der Waals surface area contributed by atoms with Crippen molar-refractivity contribution in [1.29, 1.82) is 0 Å². The molecule has 5 heterocycles. The second-order valence-corrected chi connectivity index (χ2v) is 8.59. The van der Waals surface area contributed by atoms with Gasteiger partial charge in [0.1, 0.15) is 11.3 Å². The van der Waals surface area contributed by atoms with Gasteiger partial charge in [-0.2, -0.15) is 5.10 Å². The number of aromatic nitrogens is 4. The Hall–Kier alpha value is -3.43. The normalized spacial score (nSPS) is 17.6. The van der Waals surface area contributed by atoms with E-state index in [0.717, 1.165) is 66.9 Å². The van der Waals surface area contributed by atoms with Crippen molar-refractivity contribution in [3.8, 4) is 22.6 Å². The van der Waals surface area contributed by atoms with Gasteiger partial charge in [-0.1, -0.05) is 6.07 Å². The second kappa shape index (κ2) is 8.49. The number of hydrogen-bond donors (Lipinski definition) is 2. The van der Waals surface area contributed by atoms with E-state index in [1.165, 1.54) is 0 Å². The molecule has 170 valence electrons. The minimum atomic E-state index is 0.393. The highest BCUT2D eigenvalue weighted by Crippen LogP contribution is 2.35. The molecule has 33 heavy (non-hydrogen) atoms. The number of hydrogen-bond acceptors (Lipinski definition) is 8. The molecule has 0 bridgehead atoms. The molecule has 4 aromatic rings. The van der Waals surface area contributed by atoms with Gasteiger partial charge in [0.25, 0.3) is 0 Å². The van der Waals surface area contributed by atoms with Gasteiger partial charge in [0.15, 0.2) is 5.58 Å². The van der Waals surface area contributed by atoms with Crippen LogP contribution in [0.5, 0.6) is 0 Å². The molecule has 3 N–H and O–H groups in total. The van der Waals surface area contributed by atoms with Gasteiger partial charge in [-0.15, -0.1) is 0 Å². The Kier molecular flexibility index (Phi) is 5.20. The van der Waals surface area contributed by atoms with Crippen LogP contribution in [-0.4, -0.2) is 59.1 Å². The molecule has 2 saturated heterocycles. The highest BCUT2D eigenvalue weighted by Gasteiger charge is 2.21. The summed E-state index contributed by atoms with van der Waals surface area (Å²) < 4.78 is 13.8. The van der Waals surface area contributed by atoms with Gasteiger partial charge < -0.3 is 25.1 Å². The van der Waals surface area contributed by atoms with Gasteiger partial charge in [0.05, 0.1) is 36.7 Å². The first-order valence-corrected chi connectivity index (χ1v) is 11.5. The van der Waals surface area contributed by atoms with Crippen molar-refractivity contribution in [3.63, 3.8) is 0 Å². The summed E-state index contributed by atoms with van der Waals surface area (Å²) in [5, 5.41) is 8.01. The van der Waals surface area contributed by atoms with Crippen LogP contribution in [0.2, 0.25) is 0 Å². The van der Waals surface area contributed by atoms with Crippen LogP contribution in [0.1, 0.15) is 18.9 Å². The Morgan fingerprint density at radius 2 is 1.91 bits per heavy atom. The van der Waals surface area contributed by atoms with Crippen LogP contribution >= 0.6 is 0 Å². The number of oxazole rings is 1. The van der Waals surface area contributed by atoms with Crippen molar-refractivity contribution >= 4 is 22.6 Å². The SMILES string of the molecule is Nc1ncc(-c2cnn(C3CCNCC3)c2)cc1-c1nc2cccc(N3CCOCC3)c2o1. The summed E-state index contributed by atoms with van der Waals surface area (Å²) in [6, 6.07) is 8.45. The number of para-hydroxylation sites is 1. The number of nitrogens with one attached hydrogen (secondary N) is 1. The van der Waals surface area contributed by atoms with Gasteiger partial charge in [0, 0.05) is 36.6 Å². The predicted octanol–water partition coefficient (Wildman–Crippen LogP) is 3.10. The highest BCUT2D eigenvalue weighted by atomic mass is 16.5. The van der Waals surface area contributed by atoms with Crippen LogP contribution in [0, 0.1) is 0 Å². The molecule has 6 rings (SSSR count). The zero-order valence-corrected chi connectivity index (χ0v) is 18.4. The fourth-order valence-corrected chi connectivity index (χ4v) is 4.67. The number of piperidine rings is 1. The van der Waals surface area contributed by atoms with E-state index in [1.54, 1.807) is 6.20 Å².